The Balaban J connectivity index is 0.00000172. The molecule has 3 atom stereocenters. The maximum atomic E-state index is 10.6. The van der Waals surface area contributed by atoms with E-state index in [0.717, 1.165) is 29.9 Å². The molecule has 0 saturated carbocycles. The Kier molecular flexibility index (Phi) is 15.9. The van der Waals surface area contributed by atoms with Gasteiger partial charge in [-0.25, -0.2) is 0 Å². The molecule has 1 N–H and O–H groups in total. The van der Waals surface area contributed by atoms with Crippen molar-refractivity contribution in [2.45, 2.75) is 69.7 Å². The molecule has 7 heteroatoms. The van der Waals surface area contributed by atoms with Crippen molar-refractivity contribution < 1.29 is 14.6 Å². The van der Waals surface area contributed by atoms with E-state index in [2.05, 4.69) is 32.5 Å². The molecule has 1 aromatic rings. The lowest BCUT2D eigenvalue weighted by Crippen LogP contribution is -2.33. The topological polar surface area (TPSA) is 68.1 Å². The van der Waals surface area contributed by atoms with Gasteiger partial charge in [0.25, 0.3) is 0 Å². The van der Waals surface area contributed by atoms with Crippen LogP contribution in [-0.2, 0) is 11.2 Å². The summed E-state index contributed by atoms with van der Waals surface area (Å²) in [6.07, 6.45) is 11.1. The summed E-state index contributed by atoms with van der Waals surface area (Å²) in [5, 5.41) is 13.7. The first-order valence-corrected chi connectivity index (χ1v) is 12.9. The molecular formula is C26H38ClNO4S. The molecule has 2 rings (SSSR count). The molecule has 184 valence electrons. The van der Waals surface area contributed by atoms with Crippen LogP contribution in [0, 0.1) is 4.91 Å². The zero-order chi connectivity index (χ0) is 24.5. The van der Waals surface area contributed by atoms with Gasteiger partial charge in [0, 0.05) is 35.3 Å². The molecule has 0 bridgehead atoms. The van der Waals surface area contributed by atoms with Gasteiger partial charge in [0.1, 0.15) is 11.2 Å². The molecule has 1 aliphatic heterocycles. The van der Waals surface area contributed by atoms with E-state index in [1.807, 2.05) is 30.4 Å². The lowest BCUT2D eigenvalue weighted by molar-refractivity contribution is 0.112. The molecule has 0 amide bonds. The number of ether oxygens (including phenoxy) is 2. The summed E-state index contributed by atoms with van der Waals surface area (Å²) in [5.74, 6) is 0.717. The monoisotopic (exact) mass is 495 g/mol. The summed E-state index contributed by atoms with van der Waals surface area (Å²) in [6.45, 7) is 11.6. The number of halogens is 1. The molecule has 3 unspecified atom stereocenters. The number of rotatable bonds is 12. The van der Waals surface area contributed by atoms with E-state index in [9.17, 15) is 10.0 Å². The van der Waals surface area contributed by atoms with Crippen LogP contribution >= 0.6 is 23.4 Å². The van der Waals surface area contributed by atoms with E-state index >= 15 is 0 Å². The molecule has 1 heterocycles. The molecule has 0 radical (unpaired) electrons. The third-order valence-electron chi connectivity index (χ3n) is 4.52. The standard InChI is InChI=1S/C23H30ClNO4S.C3H8/c1-3-6-17(7-5-11-28-10-4-2)12-18-13-19(24)8-9-22(18)29-23-15-20(26)14-21(30-23)16-25-27;1-3-2/h3,5-9,13,20-21,23,26H,1,4,10-12,14-16H2,2H3;3H2,1-2H3/b7-5-,17-6+;. The fraction of sp³-hybridized carbons (Fsp3) is 0.538. The minimum absolute atomic E-state index is 0.0331. The van der Waals surface area contributed by atoms with Crippen molar-refractivity contribution in [2.75, 3.05) is 19.8 Å². The molecule has 1 aromatic carbocycles. The fourth-order valence-electron chi connectivity index (χ4n) is 3.21. The second-order valence-electron chi connectivity index (χ2n) is 7.83. The molecule has 1 aliphatic rings. The van der Waals surface area contributed by atoms with E-state index in [1.54, 1.807) is 23.9 Å². The number of hydrogen-bond donors (Lipinski definition) is 1. The van der Waals surface area contributed by atoms with Gasteiger partial charge in [-0.1, -0.05) is 74.9 Å². The van der Waals surface area contributed by atoms with E-state index in [0.29, 0.717) is 30.9 Å². The van der Waals surface area contributed by atoms with Crippen LogP contribution in [0.1, 0.15) is 52.0 Å². The average molecular weight is 496 g/mol. The van der Waals surface area contributed by atoms with Gasteiger partial charge >= 0.3 is 0 Å². The summed E-state index contributed by atoms with van der Waals surface area (Å²) in [6, 6.07) is 5.54. The summed E-state index contributed by atoms with van der Waals surface area (Å²) in [5.41, 5.74) is 1.75. The third kappa shape index (κ3) is 12.4. The lowest BCUT2D eigenvalue weighted by Gasteiger charge is -2.31. The second-order valence-corrected chi connectivity index (χ2v) is 9.73. The van der Waals surface area contributed by atoms with Crippen molar-refractivity contribution >= 4 is 23.4 Å². The van der Waals surface area contributed by atoms with Gasteiger partial charge in [-0.15, -0.1) is 11.8 Å². The quantitative estimate of drug-likeness (QED) is 0.190. The van der Waals surface area contributed by atoms with E-state index in [-0.39, 0.29) is 17.2 Å². The fourth-order valence-corrected chi connectivity index (χ4v) is 4.80. The molecule has 33 heavy (non-hydrogen) atoms. The molecule has 0 aliphatic carbocycles. The molecule has 5 nitrogen and oxygen atoms in total. The van der Waals surface area contributed by atoms with E-state index < -0.39 is 6.10 Å². The summed E-state index contributed by atoms with van der Waals surface area (Å²) in [4.78, 5) is 10.6. The van der Waals surface area contributed by atoms with E-state index in [1.165, 1.54) is 6.42 Å². The highest BCUT2D eigenvalue weighted by Crippen LogP contribution is 2.36. The van der Waals surface area contributed by atoms with Crippen LogP contribution in [0.3, 0.4) is 0 Å². The Morgan fingerprint density at radius 1 is 1.33 bits per heavy atom. The number of thioether (sulfide) groups is 1. The first kappa shape index (κ1) is 29.4. The SMILES string of the molecule is C=C/C=C(\C=C/COCCC)Cc1cc(Cl)ccc1OC1CC(O)CC(CN=O)S1.CCC. The third-order valence-corrected chi connectivity index (χ3v) is 6.08. The molecule has 0 spiro atoms. The number of benzene rings is 1. The van der Waals surface area contributed by atoms with Gasteiger partial charge in [0.15, 0.2) is 0 Å². The van der Waals surface area contributed by atoms with Crippen LogP contribution in [0.5, 0.6) is 5.75 Å². The van der Waals surface area contributed by atoms with Crippen molar-refractivity contribution in [1.82, 2.24) is 0 Å². The van der Waals surface area contributed by atoms with Gasteiger partial charge in [-0.05, 0) is 36.6 Å². The van der Waals surface area contributed by atoms with Gasteiger partial charge in [-0.3, -0.25) is 0 Å². The maximum Gasteiger partial charge on any atom is 0.147 e. The van der Waals surface area contributed by atoms with Crippen LogP contribution in [0.4, 0.5) is 0 Å². The van der Waals surface area contributed by atoms with Crippen molar-refractivity contribution in [3.8, 4) is 5.75 Å². The Hall–Kier alpha value is -1.60. The van der Waals surface area contributed by atoms with Crippen LogP contribution < -0.4 is 4.74 Å². The van der Waals surface area contributed by atoms with Crippen molar-refractivity contribution in [1.29, 1.82) is 0 Å². The zero-order valence-corrected chi connectivity index (χ0v) is 21.6. The first-order chi connectivity index (χ1) is 16.0. The number of aliphatic hydroxyl groups excluding tert-OH is 1. The van der Waals surface area contributed by atoms with Crippen LogP contribution in [-0.4, -0.2) is 41.7 Å². The van der Waals surface area contributed by atoms with Gasteiger partial charge in [0.2, 0.25) is 0 Å². The number of aliphatic hydroxyl groups is 1. The highest BCUT2D eigenvalue weighted by molar-refractivity contribution is 8.00. The van der Waals surface area contributed by atoms with Crippen molar-refractivity contribution in [2.24, 2.45) is 5.18 Å². The van der Waals surface area contributed by atoms with Crippen LogP contribution in [0.15, 0.2) is 59.8 Å². The summed E-state index contributed by atoms with van der Waals surface area (Å²) in [7, 11) is 0. The highest BCUT2D eigenvalue weighted by atomic mass is 35.5. The second kappa shape index (κ2) is 17.8. The maximum absolute atomic E-state index is 10.6. The summed E-state index contributed by atoms with van der Waals surface area (Å²) < 4.78 is 11.7. The first-order valence-electron chi connectivity index (χ1n) is 11.6. The number of nitrogens with zero attached hydrogens (tertiary/aromatic N) is 1. The van der Waals surface area contributed by atoms with Gasteiger partial charge in [0.05, 0.1) is 19.3 Å². The average Bonchev–Trinajstić information content (AvgIpc) is 2.76. The Morgan fingerprint density at radius 3 is 2.76 bits per heavy atom. The molecular weight excluding hydrogens is 458 g/mol. The Bertz CT molecular complexity index is 769. The zero-order valence-electron chi connectivity index (χ0n) is 20.0. The molecule has 0 aromatic heterocycles. The predicted molar refractivity (Wildman–Crippen MR) is 141 cm³/mol. The van der Waals surface area contributed by atoms with Crippen molar-refractivity contribution in [3.05, 3.63) is 70.1 Å². The smallest absolute Gasteiger partial charge is 0.147 e. The van der Waals surface area contributed by atoms with E-state index in [4.69, 9.17) is 21.1 Å². The Morgan fingerprint density at radius 2 is 2.09 bits per heavy atom. The Labute approximate surface area is 208 Å². The number of hydrogen-bond acceptors (Lipinski definition) is 6. The van der Waals surface area contributed by atoms with Gasteiger partial charge in [-0.2, -0.15) is 4.91 Å². The molecule has 1 fully saturated rings. The number of allylic oxidation sites excluding steroid dienone is 4. The lowest BCUT2D eigenvalue weighted by atomic mass is 10.0. The normalized spacial score (nSPS) is 20.8. The predicted octanol–water partition coefficient (Wildman–Crippen LogP) is 7.12. The molecule has 1 saturated heterocycles. The minimum Gasteiger partial charge on any atom is -0.479 e. The highest BCUT2D eigenvalue weighted by Gasteiger charge is 2.30. The van der Waals surface area contributed by atoms with Gasteiger partial charge < -0.3 is 14.6 Å². The van der Waals surface area contributed by atoms with Crippen LogP contribution in [0.25, 0.3) is 0 Å². The van der Waals surface area contributed by atoms with Crippen molar-refractivity contribution in [3.63, 3.8) is 0 Å². The van der Waals surface area contributed by atoms with Crippen LogP contribution in [0.2, 0.25) is 5.02 Å². The summed E-state index contributed by atoms with van der Waals surface area (Å²) >= 11 is 7.79. The largest absolute Gasteiger partial charge is 0.479 e. The minimum atomic E-state index is -0.499. The number of nitroso groups, excluding NO2 is 1.